The van der Waals surface area contributed by atoms with Crippen molar-refractivity contribution < 1.29 is 9.90 Å². The molecule has 1 aromatic carbocycles. The second-order valence-corrected chi connectivity index (χ2v) is 4.50. The highest BCUT2D eigenvalue weighted by Gasteiger charge is 2.13. The Morgan fingerprint density at radius 2 is 1.76 bits per heavy atom. The maximum absolute atomic E-state index is 11.1. The largest absolute Gasteiger partial charge is 0.477 e. The first-order valence-electron chi connectivity index (χ1n) is 5.17. The fourth-order valence-corrected chi connectivity index (χ4v) is 2.10. The van der Waals surface area contributed by atoms with Crippen molar-refractivity contribution in [1.82, 2.24) is 4.57 Å². The van der Waals surface area contributed by atoms with Crippen molar-refractivity contribution in [2.45, 2.75) is 13.8 Å². The third kappa shape index (κ3) is 2.34. The molecule has 0 aliphatic rings. The van der Waals surface area contributed by atoms with Gasteiger partial charge in [-0.1, -0.05) is 17.7 Å². The molecule has 0 saturated carbocycles. The van der Waals surface area contributed by atoms with Crippen LogP contribution in [-0.2, 0) is 0 Å². The summed E-state index contributed by atoms with van der Waals surface area (Å²) in [5.41, 5.74) is 3.15. The second-order valence-electron chi connectivity index (χ2n) is 4.06. The number of carbonyl (C=O) groups is 1. The fraction of sp³-hybridized carbons (Fsp3) is 0.154. The monoisotopic (exact) mass is 249 g/mol. The predicted octanol–water partition coefficient (Wildman–Crippen LogP) is 3.45. The number of nitrogens with zero attached hydrogens (tertiary/aromatic N) is 1. The molecule has 1 N–H and O–H groups in total. The Bertz CT molecular complexity index is 567. The van der Waals surface area contributed by atoms with Crippen LogP contribution in [-0.4, -0.2) is 15.6 Å². The molecule has 0 spiro atoms. The Balaban J connectivity index is 2.63. The molecule has 0 atom stereocenters. The van der Waals surface area contributed by atoms with Gasteiger partial charge in [0.2, 0.25) is 0 Å². The molecule has 2 rings (SSSR count). The van der Waals surface area contributed by atoms with Gasteiger partial charge in [-0.25, -0.2) is 4.79 Å². The van der Waals surface area contributed by atoms with Gasteiger partial charge in [-0.2, -0.15) is 0 Å². The Morgan fingerprint density at radius 3 is 2.29 bits per heavy atom. The molecule has 88 valence electrons. The van der Waals surface area contributed by atoms with E-state index < -0.39 is 5.97 Å². The zero-order valence-electron chi connectivity index (χ0n) is 9.57. The highest BCUT2D eigenvalue weighted by molar-refractivity contribution is 6.31. The summed E-state index contributed by atoms with van der Waals surface area (Å²) in [6.45, 7) is 3.95. The zero-order valence-corrected chi connectivity index (χ0v) is 10.3. The van der Waals surface area contributed by atoms with Gasteiger partial charge in [0.05, 0.1) is 5.02 Å². The van der Waals surface area contributed by atoms with Crippen LogP contribution in [0.25, 0.3) is 5.69 Å². The number of rotatable bonds is 2. The molecule has 2 aromatic rings. The van der Waals surface area contributed by atoms with E-state index in [0.717, 1.165) is 16.8 Å². The predicted molar refractivity (Wildman–Crippen MR) is 67.2 cm³/mol. The molecule has 1 heterocycles. The van der Waals surface area contributed by atoms with Gasteiger partial charge >= 0.3 is 5.97 Å². The smallest absolute Gasteiger partial charge is 0.352 e. The summed E-state index contributed by atoms with van der Waals surface area (Å²) in [6.07, 6.45) is 1.61. The Labute approximate surface area is 104 Å². The summed E-state index contributed by atoms with van der Waals surface area (Å²) in [5, 5.41) is 9.52. The highest BCUT2D eigenvalue weighted by atomic mass is 35.5. The number of hydrogen-bond donors (Lipinski definition) is 1. The average molecular weight is 250 g/mol. The van der Waals surface area contributed by atoms with Gasteiger partial charge in [-0.3, -0.25) is 0 Å². The average Bonchev–Trinajstić information content (AvgIpc) is 2.59. The molecular formula is C13H12ClNO2. The third-order valence-corrected chi connectivity index (χ3v) is 2.70. The van der Waals surface area contributed by atoms with Crippen LogP contribution in [0.1, 0.15) is 21.6 Å². The molecule has 0 amide bonds. The minimum atomic E-state index is -0.990. The van der Waals surface area contributed by atoms with Crippen LogP contribution in [0, 0.1) is 13.8 Å². The number of carboxylic acids is 1. The van der Waals surface area contributed by atoms with Crippen molar-refractivity contribution in [3.05, 3.63) is 52.3 Å². The van der Waals surface area contributed by atoms with Gasteiger partial charge in [-0.15, -0.1) is 0 Å². The molecule has 0 aliphatic heterocycles. The maximum atomic E-state index is 11.1. The SMILES string of the molecule is Cc1cc(C)cc(-n2cc(Cl)cc2C(=O)O)c1. The van der Waals surface area contributed by atoms with E-state index in [1.165, 1.54) is 6.07 Å². The van der Waals surface area contributed by atoms with Crippen LogP contribution in [0.2, 0.25) is 5.02 Å². The van der Waals surface area contributed by atoms with E-state index in [9.17, 15) is 4.79 Å². The molecule has 1 aromatic heterocycles. The molecule has 0 aliphatic carbocycles. The van der Waals surface area contributed by atoms with Crippen LogP contribution < -0.4 is 0 Å². The minimum Gasteiger partial charge on any atom is -0.477 e. The molecule has 0 fully saturated rings. The number of benzene rings is 1. The van der Waals surface area contributed by atoms with E-state index in [1.807, 2.05) is 32.0 Å². The second kappa shape index (κ2) is 4.26. The standard InChI is InChI=1S/C13H12ClNO2/c1-8-3-9(2)5-11(4-8)15-7-10(14)6-12(15)13(16)17/h3-7H,1-2H3,(H,16,17). The van der Waals surface area contributed by atoms with Crippen molar-refractivity contribution in [3.8, 4) is 5.69 Å². The van der Waals surface area contributed by atoms with E-state index in [-0.39, 0.29) is 5.69 Å². The van der Waals surface area contributed by atoms with E-state index in [1.54, 1.807) is 10.8 Å². The first-order valence-corrected chi connectivity index (χ1v) is 5.55. The molecule has 0 bridgehead atoms. The van der Waals surface area contributed by atoms with Crippen LogP contribution in [0.5, 0.6) is 0 Å². The van der Waals surface area contributed by atoms with Gasteiger partial charge in [0.25, 0.3) is 0 Å². The number of halogens is 1. The molecule has 0 unspecified atom stereocenters. The topological polar surface area (TPSA) is 42.2 Å². The lowest BCUT2D eigenvalue weighted by molar-refractivity contribution is 0.0688. The lowest BCUT2D eigenvalue weighted by Gasteiger charge is -2.08. The normalized spacial score (nSPS) is 10.5. The van der Waals surface area contributed by atoms with E-state index >= 15 is 0 Å². The summed E-state index contributed by atoms with van der Waals surface area (Å²) in [6, 6.07) is 7.34. The van der Waals surface area contributed by atoms with Gasteiger partial charge in [-0.05, 0) is 43.2 Å². The number of aromatic nitrogens is 1. The van der Waals surface area contributed by atoms with Crippen LogP contribution in [0.15, 0.2) is 30.5 Å². The third-order valence-electron chi connectivity index (χ3n) is 2.49. The van der Waals surface area contributed by atoms with Gasteiger partial charge in [0.15, 0.2) is 0 Å². The Hall–Kier alpha value is -1.74. The summed E-state index contributed by atoms with van der Waals surface area (Å²) in [7, 11) is 0. The van der Waals surface area contributed by atoms with E-state index in [2.05, 4.69) is 0 Å². The Morgan fingerprint density at radius 1 is 1.18 bits per heavy atom. The van der Waals surface area contributed by atoms with Crippen LogP contribution in [0.4, 0.5) is 0 Å². The maximum Gasteiger partial charge on any atom is 0.352 e. The number of hydrogen-bond acceptors (Lipinski definition) is 1. The lowest BCUT2D eigenvalue weighted by atomic mass is 10.1. The van der Waals surface area contributed by atoms with E-state index in [4.69, 9.17) is 16.7 Å². The molecule has 0 saturated heterocycles. The number of aromatic carboxylic acids is 1. The summed E-state index contributed by atoms with van der Waals surface area (Å²) in [4.78, 5) is 11.1. The minimum absolute atomic E-state index is 0.167. The molecule has 0 radical (unpaired) electrons. The van der Waals surface area contributed by atoms with Crippen molar-refractivity contribution >= 4 is 17.6 Å². The number of aryl methyl sites for hydroxylation is 2. The van der Waals surface area contributed by atoms with Gasteiger partial charge in [0, 0.05) is 11.9 Å². The highest BCUT2D eigenvalue weighted by Crippen LogP contribution is 2.21. The first-order chi connectivity index (χ1) is 7.97. The molecule has 3 nitrogen and oxygen atoms in total. The van der Waals surface area contributed by atoms with Gasteiger partial charge < -0.3 is 9.67 Å². The van der Waals surface area contributed by atoms with E-state index in [0.29, 0.717) is 5.02 Å². The van der Waals surface area contributed by atoms with Gasteiger partial charge in [0.1, 0.15) is 5.69 Å². The quantitative estimate of drug-likeness (QED) is 0.886. The summed E-state index contributed by atoms with van der Waals surface area (Å²) in [5.74, 6) is -0.990. The van der Waals surface area contributed by atoms with Crippen molar-refractivity contribution in [1.29, 1.82) is 0 Å². The van der Waals surface area contributed by atoms with Crippen molar-refractivity contribution in [2.75, 3.05) is 0 Å². The van der Waals surface area contributed by atoms with Crippen molar-refractivity contribution in [3.63, 3.8) is 0 Å². The molecular weight excluding hydrogens is 238 g/mol. The Kier molecular flexibility index (Phi) is 2.94. The molecule has 17 heavy (non-hydrogen) atoms. The lowest BCUT2D eigenvalue weighted by Crippen LogP contribution is -2.05. The van der Waals surface area contributed by atoms with Crippen LogP contribution >= 0.6 is 11.6 Å². The molecule has 4 heteroatoms. The first kappa shape index (κ1) is 11.7. The van der Waals surface area contributed by atoms with Crippen LogP contribution in [0.3, 0.4) is 0 Å². The zero-order chi connectivity index (χ0) is 12.6. The van der Waals surface area contributed by atoms with Crippen molar-refractivity contribution in [2.24, 2.45) is 0 Å². The summed E-state index contributed by atoms with van der Waals surface area (Å²) < 4.78 is 1.59. The fourth-order valence-electron chi connectivity index (χ4n) is 1.90. The summed E-state index contributed by atoms with van der Waals surface area (Å²) >= 11 is 5.85. The number of carboxylic acid groups (broad SMARTS) is 1.